The van der Waals surface area contributed by atoms with Gasteiger partial charge in [-0.15, -0.1) is 0 Å². The molecular formula is C15H11F3N2O6S. The highest BCUT2D eigenvalue weighted by molar-refractivity contribution is 7.92. The van der Waals surface area contributed by atoms with Gasteiger partial charge in [0.25, 0.3) is 9.84 Å². The fourth-order valence-corrected chi connectivity index (χ4v) is 2.78. The zero-order chi connectivity index (χ0) is 20.4. The van der Waals surface area contributed by atoms with Crippen molar-refractivity contribution in [3.8, 4) is 11.5 Å². The number of hydrogen-bond acceptors (Lipinski definition) is 6. The number of sulfone groups is 1. The lowest BCUT2D eigenvalue weighted by molar-refractivity contribution is -0.385. The van der Waals surface area contributed by atoms with Crippen LogP contribution in [0.2, 0.25) is 0 Å². The Labute approximate surface area is 150 Å². The first-order valence-electron chi connectivity index (χ1n) is 7.07. The third-order valence-corrected chi connectivity index (χ3v) is 4.61. The fourth-order valence-electron chi connectivity index (χ4n) is 1.99. The van der Waals surface area contributed by atoms with Gasteiger partial charge < -0.3 is 10.1 Å². The van der Waals surface area contributed by atoms with Crippen LogP contribution in [0.15, 0.2) is 47.4 Å². The van der Waals surface area contributed by atoms with Crippen LogP contribution in [0.1, 0.15) is 6.92 Å². The van der Waals surface area contributed by atoms with E-state index in [1.54, 1.807) is 0 Å². The Morgan fingerprint density at radius 2 is 1.85 bits per heavy atom. The summed E-state index contributed by atoms with van der Waals surface area (Å²) in [7, 11) is -5.75. The monoisotopic (exact) mass is 404 g/mol. The van der Waals surface area contributed by atoms with Gasteiger partial charge in [0.2, 0.25) is 11.7 Å². The van der Waals surface area contributed by atoms with Crippen molar-refractivity contribution in [3.05, 3.63) is 52.6 Å². The van der Waals surface area contributed by atoms with E-state index < -0.39 is 36.6 Å². The van der Waals surface area contributed by atoms with Gasteiger partial charge in [0.1, 0.15) is 5.75 Å². The lowest BCUT2D eigenvalue weighted by Gasteiger charge is -2.11. The molecule has 0 aliphatic rings. The number of nitrogens with one attached hydrogen (secondary N) is 1. The molecule has 0 saturated carbocycles. The maximum Gasteiger partial charge on any atom is 0.501 e. The highest BCUT2D eigenvalue weighted by Crippen LogP contribution is 2.37. The minimum absolute atomic E-state index is 0.0378. The van der Waals surface area contributed by atoms with Crippen LogP contribution in [0.25, 0.3) is 0 Å². The van der Waals surface area contributed by atoms with Gasteiger partial charge >= 0.3 is 11.2 Å². The lowest BCUT2D eigenvalue weighted by Crippen LogP contribution is -2.23. The molecule has 1 amide bonds. The van der Waals surface area contributed by atoms with Gasteiger partial charge in [-0.05, 0) is 24.3 Å². The van der Waals surface area contributed by atoms with E-state index in [1.807, 2.05) is 0 Å². The predicted molar refractivity (Wildman–Crippen MR) is 87.2 cm³/mol. The molecule has 0 fully saturated rings. The molecule has 2 aromatic carbocycles. The molecule has 0 aliphatic carbocycles. The van der Waals surface area contributed by atoms with Gasteiger partial charge in [-0.2, -0.15) is 13.2 Å². The van der Waals surface area contributed by atoms with E-state index in [1.165, 1.54) is 31.2 Å². The van der Waals surface area contributed by atoms with Crippen LogP contribution in [0.5, 0.6) is 11.5 Å². The molecule has 2 aromatic rings. The number of ether oxygens (including phenoxy) is 1. The van der Waals surface area contributed by atoms with Gasteiger partial charge in [0.05, 0.1) is 9.82 Å². The van der Waals surface area contributed by atoms with Crippen molar-refractivity contribution in [1.29, 1.82) is 0 Å². The number of rotatable bonds is 5. The number of nitrogens with zero attached hydrogens (tertiary/aromatic N) is 1. The number of anilines is 1. The standard InChI is InChI=1S/C15H11F3N2O6S/c1-9(21)19-10-3-2-4-11(7-10)26-14-6-5-12(8-13(14)20(22)23)27(24,25)15(16,17)18/h2-8H,1H3,(H,19,21). The van der Waals surface area contributed by atoms with E-state index in [2.05, 4.69) is 5.32 Å². The first kappa shape index (κ1) is 20.2. The van der Waals surface area contributed by atoms with Crippen molar-refractivity contribution >= 4 is 27.1 Å². The normalized spacial score (nSPS) is 11.7. The van der Waals surface area contributed by atoms with Crippen molar-refractivity contribution in [3.63, 3.8) is 0 Å². The summed E-state index contributed by atoms with van der Waals surface area (Å²) < 4.78 is 66.0. The largest absolute Gasteiger partial charge is 0.501 e. The number of benzene rings is 2. The molecule has 0 heterocycles. The Morgan fingerprint density at radius 3 is 2.41 bits per heavy atom. The van der Waals surface area contributed by atoms with Crippen molar-refractivity contribution < 1.29 is 36.0 Å². The number of alkyl halides is 3. The summed E-state index contributed by atoms with van der Waals surface area (Å²) in [6.07, 6.45) is 0. The molecule has 0 aliphatic heterocycles. The summed E-state index contributed by atoms with van der Waals surface area (Å²) >= 11 is 0. The molecule has 0 saturated heterocycles. The molecule has 0 atom stereocenters. The van der Waals surface area contributed by atoms with Gasteiger partial charge in [-0.1, -0.05) is 6.07 Å². The van der Waals surface area contributed by atoms with Crippen molar-refractivity contribution in [1.82, 2.24) is 0 Å². The molecular weight excluding hydrogens is 393 g/mol. The molecule has 0 unspecified atom stereocenters. The smallest absolute Gasteiger partial charge is 0.450 e. The number of nitro benzene ring substituents is 1. The molecule has 8 nitrogen and oxygen atoms in total. The van der Waals surface area contributed by atoms with Gasteiger partial charge in [-0.25, -0.2) is 8.42 Å². The third kappa shape index (κ3) is 4.53. The van der Waals surface area contributed by atoms with E-state index in [0.29, 0.717) is 11.8 Å². The summed E-state index contributed by atoms with van der Waals surface area (Å²) in [5.41, 5.74) is -6.25. The molecule has 0 bridgehead atoms. The highest BCUT2D eigenvalue weighted by atomic mass is 32.2. The Morgan fingerprint density at radius 1 is 1.19 bits per heavy atom. The summed E-state index contributed by atoms with van der Waals surface area (Å²) in [4.78, 5) is 19.9. The molecule has 144 valence electrons. The van der Waals surface area contributed by atoms with Crippen LogP contribution >= 0.6 is 0 Å². The minimum Gasteiger partial charge on any atom is -0.450 e. The molecule has 0 radical (unpaired) electrons. The summed E-state index contributed by atoms with van der Waals surface area (Å²) in [5.74, 6) is -0.809. The van der Waals surface area contributed by atoms with E-state index in [4.69, 9.17) is 4.74 Å². The number of carbonyl (C=O) groups is 1. The van der Waals surface area contributed by atoms with Crippen LogP contribution in [0.3, 0.4) is 0 Å². The fraction of sp³-hybridized carbons (Fsp3) is 0.133. The van der Waals surface area contributed by atoms with Gasteiger partial charge in [0, 0.05) is 24.7 Å². The maximum absolute atomic E-state index is 12.6. The summed E-state index contributed by atoms with van der Waals surface area (Å²) in [5, 5.41) is 13.6. The van der Waals surface area contributed by atoms with Crippen molar-refractivity contribution in [2.75, 3.05) is 5.32 Å². The first-order chi connectivity index (χ1) is 12.4. The number of amides is 1. The second-order valence-corrected chi connectivity index (χ2v) is 7.09. The van der Waals surface area contributed by atoms with Crippen molar-refractivity contribution in [2.45, 2.75) is 17.3 Å². The van der Waals surface area contributed by atoms with E-state index in [-0.39, 0.29) is 17.7 Å². The Balaban J connectivity index is 2.44. The topological polar surface area (TPSA) is 116 Å². The second-order valence-electron chi connectivity index (χ2n) is 5.15. The quantitative estimate of drug-likeness (QED) is 0.601. The van der Waals surface area contributed by atoms with Crippen LogP contribution < -0.4 is 10.1 Å². The van der Waals surface area contributed by atoms with E-state index >= 15 is 0 Å². The SMILES string of the molecule is CC(=O)Nc1cccc(Oc2ccc(S(=O)(=O)C(F)(F)F)cc2[N+](=O)[O-])c1. The van der Waals surface area contributed by atoms with Gasteiger partial charge in [0.15, 0.2) is 0 Å². The molecule has 12 heteroatoms. The van der Waals surface area contributed by atoms with Crippen LogP contribution in [0.4, 0.5) is 24.5 Å². The zero-order valence-corrected chi connectivity index (χ0v) is 14.3. The summed E-state index contributed by atoms with van der Waals surface area (Å²) in [6.45, 7) is 1.26. The predicted octanol–water partition coefficient (Wildman–Crippen LogP) is 3.64. The minimum atomic E-state index is -5.75. The zero-order valence-electron chi connectivity index (χ0n) is 13.5. The number of nitro groups is 1. The Kier molecular flexibility index (Phi) is 5.40. The van der Waals surface area contributed by atoms with Crippen LogP contribution in [-0.2, 0) is 14.6 Å². The highest BCUT2D eigenvalue weighted by Gasteiger charge is 2.47. The Hall–Kier alpha value is -3.15. The van der Waals surface area contributed by atoms with Crippen LogP contribution in [-0.4, -0.2) is 24.8 Å². The Bertz CT molecular complexity index is 1000. The summed E-state index contributed by atoms with van der Waals surface area (Å²) in [6, 6.07) is 7.28. The molecule has 0 aromatic heterocycles. The van der Waals surface area contributed by atoms with Crippen LogP contribution in [0, 0.1) is 10.1 Å². The molecule has 0 spiro atoms. The average Bonchev–Trinajstić information content (AvgIpc) is 2.53. The maximum atomic E-state index is 12.6. The second kappa shape index (κ2) is 7.23. The average molecular weight is 404 g/mol. The number of carbonyl (C=O) groups excluding carboxylic acids is 1. The molecule has 27 heavy (non-hydrogen) atoms. The van der Waals surface area contributed by atoms with Gasteiger partial charge in [-0.3, -0.25) is 14.9 Å². The van der Waals surface area contributed by atoms with E-state index in [0.717, 1.165) is 6.07 Å². The number of hydrogen-bond donors (Lipinski definition) is 1. The molecule has 2 rings (SSSR count). The molecule has 1 N–H and O–H groups in total. The van der Waals surface area contributed by atoms with E-state index in [9.17, 15) is 36.5 Å². The number of halogens is 3. The van der Waals surface area contributed by atoms with Crippen molar-refractivity contribution in [2.24, 2.45) is 0 Å². The third-order valence-electron chi connectivity index (χ3n) is 3.12. The first-order valence-corrected chi connectivity index (χ1v) is 8.55. The lowest BCUT2D eigenvalue weighted by atomic mass is 10.2.